The molecule has 1 saturated carbocycles. The molecule has 0 aromatic rings. The molecular weight excluding hydrogens is 235 g/mol. The van der Waals surface area contributed by atoms with Crippen LogP contribution in [0.25, 0.3) is 0 Å². The molecule has 0 heterocycles. The summed E-state index contributed by atoms with van der Waals surface area (Å²) in [5.74, 6) is -0.368. The van der Waals surface area contributed by atoms with E-state index in [4.69, 9.17) is 0 Å². The summed E-state index contributed by atoms with van der Waals surface area (Å²) in [6, 6.07) is 0. The largest absolute Gasteiger partial charge is 0.464 e. The molecule has 0 amide bonds. The number of hydrogen-bond donors (Lipinski definition) is 1. The summed E-state index contributed by atoms with van der Waals surface area (Å²) in [6.45, 7) is 3.92. The first kappa shape index (κ1) is 15.4. The maximum Gasteiger partial charge on any atom is 0.343 e. The number of carbonyl (C=O) groups excluding carboxylic acids is 1. The normalized spacial score (nSPS) is 30.6. The van der Waals surface area contributed by atoms with Gasteiger partial charge in [-0.15, -0.1) is 0 Å². The minimum absolute atomic E-state index is 0.147. The van der Waals surface area contributed by atoms with Gasteiger partial charge in [-0.3, -0.25) is 0 Å². The third kappa shape index (κ3) is 3.94. The van der Waals surface area contributed by atoms with Crippen LogP contribution in [0.2, 0.25) is 0 Å². The van der Waals surface area contributed by atoms with Crippen molar-refractivity contribution < 1.29 is 19.0 Å². The number of hydrogen-bond acceptors (Lipinski definition) is 3. The summed E-state index contributed by atoms with van der Waals surface area (Å²) in [5.41, 5.74) is -1.52. The second-order valence-corrected chi connectivity index (χ2v) is 5.30. The Bertz CT molecular complexity index is 270. The third-order valence-corrected chi connectivity index (χ3v) is 3.87. The molecule has 0 aromatic carbocycles. The number of carbonyl (C=O) groups is 1. The SMILES string of the molecule is CCCC1CCCC(O)(C(F)C(=O)OCC)CC1. The van der Waals surface area contributed by atoms with Crippen LogP contribution in [0, 0.1) is 5.92 Å². The molecule has 3 atom stereocenters. The van der Waals surface area contributed by atoms with Gasteiger partial charge in [-0.1, -0.05) is 32.6 Å². The van der Waals surface area contributed by atoms with Crippen molar-refractivity contribution in [1.29, 1.82) is 0 Å². The maximum atomic E-state index is 14.0. The highest BCUT2D eigenvalue weighted by Gasteiger charge is 2.43. The van der Waals surface area contributed by atoms with Crippen LogP contribution in [0.3, 0.4) is 0 Å². The first-order valence-corrected chi connectivity index (χ1v) is 7.06. The fourth-order valence-corrected chi connectivity index (χ4v) is 2.81. The van der Waals surface area contributed by atoms with E-state index in [-0.39, 0.29) is 6.61 Å². The number of ether oxygens (including phenoxy) is 1. The van der Waals surface area contributed by atoms with Crippen molar-refractivity contribution in [3.05, 3.63) is 0 Å². The lowest BCUT2D eigenvalue weighted by Gasteiger charge is -2.28. The zero-order valence-corrected chi connectivity index (χ0v) is 11.5. The van der Waals surface area contributed by atoms with E-state index in [0.717, 1.165) is 32.1 Å². The number of aliphatic hydroxyl groups is 1. The van der Waals surface area contributed by atoms with Gasteiger partial charge in [-0.05, 0) is 32.1 Å². The van der Waals surface area contributed by atoms with Gasteiger partial charge in [0.2, 0.25) is 6.17 Å². The molecule has 1 fully saturated rings. The van der Waals surface area contributed by atoms with Crippen molar-refractivity contribution in [2.75, 3.05) is 6.61 Å². The Hall–Kier alpha value is -0.640. The van der Waals surface area contributed by atoms with E-state index in [1.807, 2.05) is 0 Å². The molecule has 0 radical (unpaired) electrons. The summed E-state index contributed by atoms with van der Waals surface area (Å²) in [6.07, 6.45) is 3.63. The van der Waals surface area contributed by atoms with Crippen molar-refractivity contribution in [2.45, 2.75) is 70.6 Å². The standard InChI is InChI=1S/C14H25FO3/c1-3-6-11-7-5-9-14(17,10-8-11)12(15)13(16)18-4-2/h11-12,17H,3-10H2,1-2H3. The number of rotatable bonds is 5. The van der Waals surface area contributed by atoms with Crippen molar-refractivity contribution in [3.8, 4) is 0 Å². The molecule has 1 rings (SSSR count). The summed E-state index contributed by atoms with van der Waals surface area (Å²) >= 11 is 0. The highest BCUT2D eigenvalue weighted by molar-refractivity contribution is 5.76. The Morgan fingerprint density at radius 3 is 2.78 bits per heavy atom. The van der Waals surface area contributed by atoms with Crippen LogP contribution in [-0.2, 0) is 9.53 Å². The first-order chi connectivity index (χ1) is 8.53. The minimum atomic E-state index is -1.90. The summed E-state index contributed by atoms with van der Waals surface area (Å²) in [4.78, 5) is 11.4. The lowest BCUT2D eigenvalue weighted by atomic mass is 9.88. The van der Waals surface area contributed by atoms with Crippen molar-refractivity contribution >= 4 is 5.97 Å². The number of halogens is 1. The monoisotopic (exact) mass is 260 g/mol. The van der Waals surface area contributed by atoms with E-state index in [1.165, 1.54) is 0 Å². The molecule has 0 bridgehead atoms. The van der Waals surface area contributed by atoms with Crippen LogP contribution in [-0.4, -0.2) is 29.5 Å². The number of esters is 1. The second kappa shape index (κ2) is 7.07. The second-order valence-electron chi connectivity index (χ2n) is 5.30. The molecule has 18 heavy (non-hydrogen) atoms. The predicted octanol–water partition coefficient (Wildman–Crippen LogP) is 3.00. The Kier molecular flexibility index (Phi) is 6.06. The topological polar surface area (TPSA) is 46.5 Å². The fraction of sp³-hybridized carbons (Fsp3) is 0.929. The van der Waals surface area contributed by atoms with Gasteiger partial charge in [-0.25, -0.2) is 9.18 Å². The quantitative estimate of drug-likeness (QED) is 0.610. The smallest absolute Gasteiger partial charge is 0.343 e. The van der Waals surface area contributed by atoms with Crippen LogP contribution in [0.5, 0.6) is 0 Å². The highest BCUT2D eigenvalue weighted by Crippen LogP contribution is 2.36. The summed E-state index contributed by atoms with van der Waals surface area (Å²) in [5, 5.41) is 10.3. The molecule has 1 N–H and O–H groups in total. The van der Waals surface area contributed by atoms with Gasteiger partial charge in [0.25, 0.3) is 0 Å². The summed E-state index contributed by atoms with van der Waals surface area (Å²) < 4.78 is 18.7. The number of alkyl halides is 1. The molecule has 0 spiro atoms. The van der Waals surface area contributed by atoms with Gasteiger partial charge in [0.15, 0.2) is 0 Å². The maximum absolute atomic E-state index is 14.0. The third-order valence-electron chi connectivity index (χ3n) is 3.87. The molecule has 1 aliphatic carbocycles. The van der Waals surface area contributed by atoms with Gasteiger partial charge in [0, 0.05) is 0 Å². The van der Waals surface area contributed by atoms with Crippen LogP contribution in [0.1, 0.15) is 58.8 Å². The molecule has 0 aliphatic heterocycles. The lowest BCUT2D eigenvalue weighted by molar-refractivity contribution is -0.161. The van der Waals surface area contributed by atoms with Gasteiger partial charge < -0.3 is 9.84 Å². The van der Waals surface area contributed by atoms with Crippen molar-refractivity contribution in [1.82, 2.24) is 0 Å². The molecule has 3 unspecified atom stereocenters. The van der Waals surface area contributed by atoms with E-state index >= 15 is 0 Å². The van der Waals surface area contributed by atoms with E-state index in [2.05, 4.69) is 11.7 Å². The Balaban J connectivity index is 2.60. The highest BCUT2D eigenvalue weighted by atomic mass is 19.1. The van der Waals surface area contributed by atoms with Gasteiger partial charge in [-0.2, -0.15) is 0 Å². The molecule has 0 saturated heterocycles. The average molecular weight is 260 g/mol. The van der Waals surface area contributed by atoms with Gasteiger partial charge >= 0.3 is 5.97 Å². The van der Waals surface area contributed by atoms with Crippen LogP contribution >= 0.6 is 0 Å². The molecule has 4 heteroatoms. The molecule has 1 aliphatic rings. The Labute approximate surface area is 109 Å². The molecule has 3 nitrogen and oxygen atoms in total. The van der Waals surface area contributed by atoms with Crippen molar-refractivity contribution in [2.24, 2.45) is 5.92 Å². The lowest BCUT2D eigenvalue weighted by Crippen LogP contribution is -2.44. The predicted molar refractivity (Wildman–Crippen MR) is 68.0 cm³/mol. The zero-order chi connectivity index (χ0) is 13.6. The van der Waals surface area contributed by atoms with Gasteiger partial charge in [0.1, 0.15) is 5.60 Å². The van der Waals surface area contributed by atoms with Crippen LogP contribution in [0.15, 0.2) is 0 Å². The minimum Gasteiger partial charge on any atom is -0.464 e. The van der Waals surface area contributed by atoms with Crippen molar-refractivity contribution in [3.63, 3.8) is 0 Å². The first-order valence-electron chi connectivity index (χ1n) is 7.06. The average Bonchev–Trinajstić information content (AvgIpc) is 2.53. The summed E-state index contributed by atoms with van der Waals surface area (Å²) in [7, 11) is 0. The Morgan fingerprint density at radius 1 is 1.44 bits per heavy atom. The molecular formula is C14H25FO3. The van der Waals surface area contributed by atoms with Gasteiger partial charge in [0.05, 0.1) is 6.61 Å². The van der Waals surface area contributed by atoms with E-state index < -0.39 is 17.7 Å². The van der Waals surface area contributed by atoms with Crippen LogP contribution in [0.4, 0.5) is 4.39 Å². The molecule has 106 valence electrons. The molecule has 0 aromatic heterocycles. The fourth-order valence-electron chi connectivity index (χ4n) is 2.81. The van der Waals surface area contributed by atoms with Crippen LogP contribution < -0.4 is 0 Å². The van der Waals surface area contributed by atoms with E-state index in [0.29, 0.717) is 18.8 Å². The van der Waals surface area contributed by atoms with E-state index in [1.54, 1.807) is 6.92 Å². The zero-order valence-electron chi connectivity index (χ0n) is 11.5. The Morgan fingerprint density at radius 2 is 2.17 bits per heavy atom. The van der Waals surface area contributed by atoms with E-state index in [9.17, 15) is 14.3 Å².